The Kier molecular flexibility index (Phi) is 6.37. The SMILES string of the molecule is O=C(CN1CCC[C@@H]1CC(=O)c1cccs1)Nc1cc2c(cc1Cl)OCCCO2. The number of fused-ring (bicyclic) bond motifs is 1. The van der Waals surface area contributed by atoms with Crippen LogP contribution in [0.2, 0.25) is 5.02 Å². The monoisotopic (exact) mass is 434 g/mol. The number of carbonyl (C=O) groups excluding carboxylic acids is 2. The van der Waals surface area contributed by atoms with E-state index >= 15 is 0 Å². The number of amides is 1. The van der Waals surface area contributed by atoms with E-state index in [1.54, 1.807) is 12.1 Å². The summed E-state index contributed by atoms with van der Waals surface area (Å²) in [5.74, 6) is 1.17. The number of nitrogens with one attached hydrogen (secondary N) is 1. The average Bonchev–Trinajstić information content (AvgIpc) is 3.32. The summed E-state index contributed by atoms with van der Waals surface area (Å²) >= 11 is 7.78. The summed E-state index contributed by atoms with van der Waals surface area (Å²) < 4.78 is 11.3. The molecular formula is C21H23ClN2O4S. The Labute approximate surface area is 178 Å². The van der Waals surface area contributed by atoms with Gasteiger partial charge in [-0.15, -0.1) is 11.3 Å². The lowest BCUT2D eigenvalue weighted by atomic mass is 10.1. The quantitative estimate of drug-likeness (QED) is 0.689. The van der Waals surface area contributed by atoms with Crippen molar-refractivity contribution in [2.24, 2.45) is 0 Å². The molecule has 1 aromatic heterocycles. The molecular weight excluding hydrogens is 412 g/mol. The predicted octanol–water partition coefficient (Wildman–Crippen LogP) is 4.24. The highest BCUT2D eigenvalue weighted by atomic mass is 35.5. The van der Waals surface area contributed by atoms with E-state index < -0.39 is 0 Å². The maximum atomic E-state index is 12.7. The number of nitrogens with zero attached hydrogens (tertiary/aromatic N) is 1. The fraction of sp³-hybridized carbons (Fsp3) is 0.429. The normalized spacial score (nSPS) is 19.0. The molecule has 154 valence electrons. The Hall–Kier alpha value is -2.09. The van der Waals surface area contributed by atoms with Gasteiger partial charge in [0, 0.05) is 31.0 Å². The largest absolute Gasteiger partial charge is 0.490 e. The minimum absolute atomic E-state index is 0.0922. The zero-order valence-corrected chi connectivity index (χ0v) is 17.6. The van der Waals surface area contributed by atoms with Crippen LogP contribution in [0.25, 0.3) is 0 Å². The summed E-state index contributed by atoms with van der Waals surface area (Å²) in [5.41, 5.74) is 0.506. The minimum atomic E-state index is -0.156. The van der Waals surface area contributed by atoms with Crippen molar-refractivity contribution in [1.82, 2.24) is 4.90 Å². The van der Waals surface area contributed by atoms with Crippen LogP contribution >= 0.6 is 22.9 Å². The van der Waals surface area contributed by atoms with Gasteiger partial charge in [-0.2, -0.15) is 0 Å². The van der Waals surface area contributed by atoms with Crippen molar-refractivity contribution in [2.75, 3.05) is 31.6 Å². The van der Waals surface area contributed by atoms with Crippen LogP contribution in [-0.4, -0.2) is 48.9 Å². The summed E-state index contributed by atoms with van der Waals surface area (Å²) in [7, 11) is 0. The molecule has 0 saturated carbocycles. The first-order valence-corrected chi connectivity index (χ1v) is 11.1. The van der Waals surface area contributed by atoms with Crippen LogP contribution in [0.4, 0.5) is 5.69 Å². The fourth-order valence-electron chi connectivity index (χ4n) is 3.74. The molecule has 1 amide bonds. The van der Waals surface area contributed by atoms with Gasteiger partial charge in [-0.3, -0.25) is 14.5 Å². The van der Waals surface area contributed by atoms with Crippen LogP contribution in [0.3, 0.4) is 0 Å². The van der Waals surface area contributed by atoms with Crippen LogP contribution in [0.15, 0.2) is 29.6 Å². The number of thiophene rings is 1. The molecule has 2 aromatic rings. The second-order valence-corrected chi connectivity index (χ2v) is 8.60. The topological polar surface area (TPSA) is 67.9 Å². The molecule has 1 N–H and O–H groups in total. The summed E-state index contributed by atoms with van der Waals surface area (Å²) in [6.45, 7) is 2.18. The fourth-order valence-corrected chi connectivity index (χ4v) is 4.62. The molecule has 1 aromatic carbocycles. The third kappa shape index (κ3) is 4.91. The number of carbonyl (C=O) groups is 2. The van der Waals surface area contributed by atoms with Gasteiger partial charge < -0.3 is 14.8 Å². The Bertz CT molecular complexity index is 887. The van der Waals surface area contributed by atoms with E-state index in [0.717, 1.165) is 30.7 Å². The number of anilines is 1. The lowest BCUT2D eigenvalue weighted by molar-refractivity contribution is -0.117. The predicted molar refractivity (Wildman–Crippen MR) is 114 cm³/mol. The van der Waals surface area contributed by atoms with Crippen molar-refractivity contribution in [2.45, 2.75) is 31.7 Å². The average molecular weight is 435 g/mol. The molecule has 29 heavy (non-hydrogen) atoms. The molecule has 0 bridgehead atoms. The number of rotatable bonds is 6. The zero-order chi connectivity index (χ0) is 20.2. The zero-order valence-electron chi connectivity index (χ0n) is 16.0. The minimum Gasteiger partial charge on any atom is -0.490 e. The molecule has 4 rings (SSSR count). The van der Waals surface area contributed by atoms with E-state index in [9.17, 15) is 9.59 Å². The van der Waals surface area contributed by atoms with Gasteiger partial charge in [0.05, 0.1) is 35.3 Å². The second kappa shape index (κ2) is 9.15. The van der Waals surface area contributed by atoms with E-state index in [-0.39, 0.29) is 24.3 Å². The van der Waals surface area contributed by atoms with E-state index in [4.69, 9.17) is 21.1 Å². The van der Waals surface area contributed by atoms with E-state index in [1.165, 1.54) is 11.3 Å². The highest BCUT2D eigenvalue weighted by Crippen LogP contribution is 2.37. The molecule has 2 aliphatic rings. The molecule has 6 nitrogen and oxygen atoms in total. The van der Waals surface area contributed by atoms with Crippen LogP contribution in [-0.2, 0) is 4.79 Å². The van der Waals surface area contributed by atoms with Gasteiger partial charge in [0.25, 0.3) is 0 Å². The van der Waals surface area contributed by atoms with Crippen LogP contribution < -0.4 is 14.8 Å². The molecule has 1 atom stereocenters. The van der Waals surface area contributed by atoms with Crippen molar-refractivity contribution in [3.63, 3.8) is 0 Å². The van der Waals surface area contributed by atoms with Gasteiger partial charge in [0.1, 0.15) is 0 Å². The van der Waals surface area contributed by atoms with Gasteiger partial charge in [0.15, 0.2) is 17.3 Å². The lowest BCUT2D eigenvalue weighted by Gasteiger charge is -2.23. The van der Waals surface area contributed by atoms with E-state index in [0.29, 0.717) is 41.8 Å². The molecule has 0 spiro atoms. The third-order valence-electron chi connectivity index (χ3n) is 5.17. The lowest BCUT2D eigenvalue weighted by Crippen LogP contribution is -2.37. The molecule has 0 aliphatic carbocycles. The molecule has 3 heterocycles. The van der Waals surface area contributed by atoms with Gasteiger partial charge in [-0.1, -0.05) is 17.7 Å². The number of benzene rings is 1. The maximum absolute atomic E-state index is 12.7. The van der Waals surface area contributed by atoms with E-state index in [1.807, 2.05) is 17.5 Å². The van der Waals surface area contributed by atoms with Crippen molar-refractivity contribution in [3.8, 4) is 11.5 Å². The highest BCUT2D eigenvalue weighted by Gasteiger charge is 2.29. The van der Waals surface area contributed by atoms with Crippen molar-refractivity contribution < 1.29 is 19.1 Å². The number of halogens is 1. The Morgan fingerprint density at radius 3 is 2.76 bits per heavy atom. The van der Waals surface area contributed by atoms with Gasteiger partial charge in [-0.05, 0) is 30.8 Å². The second-order valence-electron chi connectivity index (χ2n) is 7.25. The Morgan fingerprint density at radius 2 is 2.00 bits per heavy atom. The first-order valence-electron chi connectivity index (χ1n) is 9.80. The van der Waals surface area contributed by atoms with Crippen LogP contribution in [0, 0.1) is 0 Å². The van der Waals surface area contributed by atoms with Crippen LogP contribution in [0.1, 0.15) is 35.4 Å². The summed E-state index contributed by atoms with van der Waals surface area (Å²) in [6, 6.07) is 7.22. The highest BCUT2D eigenvalue weighted by molar-refractivity contribution is 7.12. The molecule has 1 fully saturated rings. The number of ketones is 1. The van der Waals surface area contributed by atoms with Gasteiger partial charge in [0.2, 0.25) is 5.91 Å². The standard InChI is InChI=1S/C21H23ClN2O4S/c22-15-11-18-19(28-8-3-7-27-18)12-16(15)23-21(26)13-24-6-1-4-14(24)10-17(25)20-5-2-9-29-20/h2,5,9,11-12,14H,1,3-4,6-8,10,13H2,(H,23,26)/t14-/m1/s1. The summed E-state index contributed by atoms with van der Waals surface area (Å²) in [6.07, 6.45) is 3.16. The van der Waals surface area contributed by atoms with Gasteiger partial charge in [-0.25, -0.2) is 0 Å². The van der Waals surface area contributed by atoms with Crippen molar-refractivity contribution >= 4 is 40.3 Å². The first-order chi connectivity index (χ1) is 14.1. The molecule has 0 unspecified atom stereocenters. The number of likely N-dealkylation sites (tertiary alicyclic amines) is 1. The first kappa shape index (κ1) is 20.2. The third-order valence-corrected chi connectivity index (χ3v) is 6.40. The summed E-state index contributed by atoms with van der Waals surface area (Å²) in [5, 5.41) is 5.20. The van der Waals surface area contributed by atoms with Crippen molar-refractivity contribution in [3.05, 3.63) is 39.5 Å². The molecule has 1 saturated heterocycles. The number of hydrogen-bond donors (Lipinski definition) is 1. The van der Waals surface area contributed by atoms with Crippen LogP contribution in [0.5, 0.6) is 11.5 Å². The molecule has 0 radical (unpaired) electrons. The van der Waals surface area contributed by atoms with Crippen molar-refractivity contribution in [1.29, 1.82) is 0 Å². The number of ether oxygens (including phenoxy) is 2. The Morgan fingerprint density at radius 1 is 1.21 bits per heavy atom. The van der Waals surface area contributed by atoms with Gasteiger partial charge >= 0.3 is 0 Å². The molecule has 2 aliphatic heterocycles. The van der Waals surface area contributed by atoms with E-state index in [2.05, 4.69) is 10.2 Å². The molecule has 8 heteroatoms. The number of Topliss-reactive ketones (excluding diaryl/α,β-unsaturated/α-hetero) is 1. The number of hydrogen-bond acceptors (Lipinski definition) is 6. The Balaban J connectivity index is 1.37. The summed E-state index contributed by atoms with van der Waals surface area (Å²) in [4.78, 5) is 27.9. The maximum Gasteiger partial charge on any atom is 0.238 e. The smallest absolute Gasteiger partial charge is 0.238 e.